The molecule has 0 aliphatic rings. The van der Waals surface area contributed by atoms with Crippen LogP contribution in [0.4, 0.5) is 0 Å². The molecule has 0 amide bonds. The smallest absolute Gasteiger partial charge is 0.325 e. The SMILES string of the molecule is CCCCN(C(C)CC)C(C)CC(C)(NC)C(=O)OC. The fraction of sp³-hybridized carbons (Fsp3) is 0.938. The van der Waals surface area contributed by atoms with Crippen molar-refractivity contribution in [1.82, 2.24) is 10.2 Å². The van der Waals surface area contributed by atoms with Crippen LogP contribution in [0.15, 0.2) is 0 Å². The highest BCUT2D eigenvalue weighted by atomic mass is 16.5. The van der Waals surface area contributed by atoms with Gasteiger partial charge < -0.3 is 10.1 Å². The first kappa shape index (κ1) is 19.4. The average molecular weight is 286 g/mol. The minimum atomic E-state index is -0.619. The number of nitrogens with zero attached hydrogens (tertiary/aromatic N) is 1. The van der Waals surface area contributed by atoms with Crippen LogP contribution in [0.3, 0.4) is 0 Å². The second-order valence-corrected chi connectivity index (χ2v) is 5.98. The molecule has 0 fully saturated rings. The van der Waals surface area contributed by atoms with Crippen LogP contribution in [0.1, 0.15) is 60.3 Å². The highest BCUT2D eigenvalue weighted by Crippen LogP contribution is 2.21. The third-order valence-corrected chi connectivity index (χ3v) is 4.38. The van der Waals surface area contributed by atoms with Crippen LogP contribution in [0.5, 0.6) is 0 Å². The van der Waals surface area contributed by atoms with E-state index in [1.54, 1.807) is 0 Å². The van der Waals surface area contributed by atoms with Crippen LogP contribution >= 0.6 is 0 Å². The van der Waals surface area contributed by atoms with Gasteiger partial charge in [0.05, 0.1) is 7.11 Å². The molecular weight excluding hydrogens is 252 g/mol. The van der Waals surface area contributed by atoms with Crippen molar-refractivity contribution < 1.29 is 9.53 Å². The summed E-state index contributed by atoms with van der Waals surface area (Å²) in [4.78, 5) is 14.5. The molecule has 4 nitrogen and oxygen atoms in total. The Morgan fingerprint density at radius 3 is 2.30 bits per heavy atom. The summed E-state index contributed by atoms with van der Waals surface area (Å²) in [5.41, 5.74) is -0.619. The van der Waals surface area contributed by atoms with E-state index in [-0.39, 0.29) is 5.97 Å². The molecular formula is C16H34N2O2. The summed E-state index contributed by atoms with van der Waals surface area (Å²) >= 11 is 0. The summed E-state index contributed by atoms with van der Waals surface area (Å²) < 4.78 is 4.93. The van der Waals surface area contributed by atoms with Gasteiger partial charge in [-0.2, -0.15) is 0 Å². The van der Waals surface area contributed by atoms with E-state index in [0.29, 0.717) is 12.1 Å². The van der Waals surface area contributed by atoms with E-state index < -0.39 is 5.54 Å². The second-order valence-electron chi connectivity index (χ2n) is 5.98. The second kappa shape index (κ2) is 9.35. The molecule has 3 atom stereocenters. The molecule has 0 spiro atoms. The van der Waals surface area contributed by atoms with E-state index in [0.717, 1.165) is 19.4 Å². The molecule has 3 unspecified atom stereocenters. The molecule has 0 aliphatic heterocycles. The van der Waals surface area contributed by atoms with Crippen LogP contribution in [0.2, 0.25) is 0 Å². The van der Waals surface area contributed by atoms with Crippen LogP contribution in [-0.2, 0) is 9.53 Å². The first-order valence-electron chi connectivity index (χ1n) is 7.89. The van der Waals surface area contributed by atoms with Gasteiger partial charge in [0.15, 0.2) is 0 Å². The van der Waals surface area contributed by atoms with Gasteiger partial charge in [-0.05, 0) is 53.6 Å². The van der Waals surface area contributed by atoms with Crippen LogP contribution in [0.25, 0.3) is 0 Å². The van der Waals surface area contributed by atoms with Crippen molar-refractivity contribution in [2.24, 2.45) is 0 Å². The van der Waals surface area contributed by atoms with E-state index in [9.17, 15) is 4.79 Å². The highest BCUT2D eigenvalue weighted by Gasteiger charge is 2.36. The van der Waals surface area contributed by atoms with Crippen molar-refractivity contribution in [1.29, 1.82) is 0 Å². The first-order valence-corrected chi connectivity index (χ1v) is 7.89. The number of ether oxygens (including phenoxy) is 1. The molecule has 0 heterocycles. The lowest BCUT2D eigenvalue weighted by Crippen LogP contribution is -2.53. The predicted octanol–water partition coefficient (Wildman–Crippen LogP) is 2.82. The van der Waals surface area contributed by atoms with Gasteiger partial charge in [0.1, 0.15) is 5.54 Å². The van der Waals surface area contributed by atoms with Crippen LogP contribution in [-0.4, -0.2) is 49.2 Å². The Balaban J connectivity index is 4.87. The summed E-state index contributed by atoms with van der Waals surface area (Å²) in [6, 6.07) is 0.878. The molecule has 0 aromatic carbocycles. The third-order valence-electron chi connectivity index (χ3n) is 4.38. The Kier molecular flexibility index (Phi) is 9.06. The molecule has 0 saturated heterocycles. The van der Waals surface area contributed by atoms with Gasteiger partial charge in [-0.3, -0.25) is 9.69 Å². The van der Waals surface area contributed by atoms with Crippen LogP contribution < -0.4 is 5.32 Å². The number of unbranched alkanes of at least 4 members (excludes halogenated alkanes) is 1. The summed E-state index contributed by atoms with van der Waals surface area (Å²) in [6.45, 7) is 11.9. The van der Waals surface area contributed by atoms with Crippen LogP contribution in [0, 0.1) is 0 Å². The third kappa shape index (κ3) is 5.41. The first-order chi connectivity index (χ1) is 9.36. The van der Waals surface area contributed by atoms with Crippen molar-refractivity contribution in [3.63, 3.8) is 0 Å². The van der Waals surface area contributed by atoms with Crippen molar-refractivity contribution in [3.05, 3.63) is 0 Å². The normalized spacial score (nSPS) is 17.6. The summed E-state index contributed by atoms with van der Waals surface area (Å²) in [5, 5.41) is 3.13. The number of nitrogens with one attached hydrogen (secondary N) is 1. The number of methoxy groups -OCH3 is 1. The topological polar surface area (TPSA) is 41.6 Å². The van der Waals surface area contributed by atoms with E-state index in [1.807, 2.05) is 14.0 Å². The minimum Gasteiger partial charge on any atom is -0.468 e. The van der Waals surface area contributed by atoms with Gasteiger partial charge in [0, 0.05) is 12.1 Å². The molecule has 0 aliphatic carbocycles. The average Bonchev–Trinajstić information content (AvgIpc) is 2.45. The molecule has 0 bridgehead atoms. The molecule has 20 heavy (non-hydrogen) atoms. The quantitative estimate of drug-likeness (QED) is 0.627. The van der Waals surface area contributed by atoms with Crippen molar-refractivity contribution in [3.8, 4) is 0 Å². The summed E-state index contributed by atoms with van der Waals surface area (Å²) in [6.07, 6.45) is 4.27. The fourth-order valence-electron chi connectivity index (χ4n) is 2.67. The molecule has 0 aromatic heterocycles. The maximum Gasteiger partial charge on any atom is 0.325 e. The van der Waals surface area contributed by atoms with Crippen molar-refractivity contribution >= 4 is 5.97 Å². The Hall–Kier alpha value is -0.610. The Morgan fingerprint density at radius 1 is 1.30 bits per heavy atom. The molecule has 0 aromatic rings. The predicted molar refractivity (Wildman–Crippen MR) is 84.9 cm³/mol. The lowest BCUT2D eigenvalue weighted by Gasteiger charge is -2.38. The van der Waals surface area contributed by atoms with Gasteiger partial charge in [0.25, 0.3) is 0 Å². The van der Waals surface area contributed by atoms with Gasteiger partial charge >= 0.3 is 5.97 Å². The number of hydrogen-bond acceptors (Lipinski definition) is 4. The molecule has 120 valence electrons. The number of likely N-dealkylation sites (N-methyl/N-ethyl adjacent to an activating group) is 1. The number of esters is 1. The summed E-state index contributed by atoms with van der Waals surface area (Å²) in [7, 11) is 3.27. The zero-order chi connectivity index (χ0) is 15.8. The Bertz CT molecular complexity index is 284. The molecule has 0 saturated carbocycles. The zero-order valence-corrected chi connectivity index (χ0v) is 14.5. The molecule has 1 N–H and O–H groups in total. The lowest BCUT2D eigenvalue weighted by atomic mass is 9.92. The lowest BCUT2D eigenvalue weighted by molar-refractivity contribution is -0.148. The van der Waals surface area contributed by atoms with Crippen molar-refractivity contribution in [2.75, 3.05) is 20.7 Å². The van der Waals surface area contributed by atoms with Gasteiger partial charge in [0.2, 0.25) is 0 Å². The Morgan fingerprint density at radius 2 is 1.90 bits per heavy atom. The standard InChI is InChI=1S/C16H34N2O2/c1-8-10-11-18(13(3)9-2)14(4)12-16(5,17-6)15(19)20-7/h13-14,17H,8-12H2,1-7H3. The number of carbonyl (C=O) groups excluding carboxylic acids is 1. The monoisotopic (exact) mass is 286 g/mol. The van der Waals surface area contributed by atoms with Crippen molar-refractivity contribution in [2.45, 2.75) is 77.9 Å². The fourth-order valence-corrected chi connectivity index (χ4v) is 2.67. The number of hydrogen-bond donors (Lipinski definition) is 1. The zero-order valence-electron chi connectivity index (χ0n) is 14.5. The molecule has 0 rings (SSSR count). The summed E-state index contributed by atoms with van der Waals surface area (Å²) in [5.74, 6) is -0.188. The van der Waals surface area contributed by atoms with E-state index >= 15 is 0 Å². The van der Waals surface area contributed by atoms with Gasteiger partial charge in [-0.25, -0.2) is 0 Å². The largest absolute Gasteiger partial charge is 0.468 e. The number of rotatable bonds is 10. The highest BCUT2D eigenvalue weighted by molar-refractivity contribution is 5.80. The van der Waals surface area contributed by atoms with E-state index in [1.165, 1.54) is 20.0 Å². The van der Waals surface area contributed by atoms with Gasteiger partial charge in [-0.1, -0.05) is 20.3 Å². The molecule has 4 heteroatoms. The maximum absolute atomic E-state index is 12.0. The number of carbonyl (C=O) groups is 1. The minimum absolute atomic E-state index is 0.188. The van der Waals surface area contributed by atoms with E-state index in [2.05, 4.69) is 37.9 Å². The van der Waals surface area contributed by atoms with Gasteiger partial charge in [-0.15, -0.1) is 0 Å². The van der Waals surface area contributed by atoms with E-state index in [4.69, 9.17) is 4.74 Å². The maximum atomic E-state index is 12.0. The molecule has 0 radical (unpaired) electrons. The Labute approximate surface area is 125 Å².